The minimum absolute atomic E-state index is 0.317. The second-order valence-corrected chi connectivity index (χ2v) is 21.1. The van der Waals surface area contributed by atoms with Gasteiger partial charge in [-0.15, -0.1) is 0 Å². The Morgan fingerprint density at radius 2 is 0.634 bits per heavy atom. The number of methoxy groups -OCH3 is 6. The normalized spacial score (nSPS) is 22.5. The fourth-order valence-corrected chi connectivity index (χ4v) is 12.7. The van der Waals surface area contributed by atoms with Crippen molar-refractivity contribution in [2.45, 2.75) is 114 Å². The van der Waals surface area contributed by atoms with Crippen LogP contribution >= 0.6 is 8.17 Å². The largest absolute Gasteiger partial charge is 0.572 e. The first-order chi connectivity index (χ1) is 34.7. The summed E-state index contributed by atoms with van der Waals surface area (Å²) in [5, 5.41) is 3.02. The lowest BCUT2D eigenvalue weighted by atomic mass is 9.78. The maximum atomic E-state index is 12.1. The van der Waals surface area contributed by atoms with Crippen LogP contribution in [0.5, 0.6) is 34.5 Å². The van der Waals surface area contributed by atoms with Crippen molar-refractivity contribution in [3.63, 3.8) is 0 Å². The minimum atomic E-state index is -3.60. The minimum Gasteiger partial charge on any atom is -0.493 e. The van der Waals surface area contributed by atoms with Gasteiger partial charge in [-0.05, 0) is 132 Å². The topological polar surface area (TPSA) is 181 Å². The Kier molecular flexibility index (Phi) is 16.8. The molecule has 3 aliphatic rings. The third-order valence-electron chi connectivity index (χ3n) is 15.6. The molecule has 16 nitrogen and oxygen atoms in total. The summed E-state index contributed by atoms with van der Waals surface area (Å²) < 4.78 is 52.5. The molecule has 3 fully saturated rings. The Morgan fingerprint density at radius 3 is 0.887 bits per heavy atom. The smallest absolute Gasteiger partial charge is 0.493 e. The zero-order valence-electron chi connectivity index (χ0n) is 42.1. The Balaban J connectivity index is 0.795. The number of ether oxygens (including phenoxy) is 6. The summed E-state index contributed by atoms with van der Waals surface area (Å²) in [6.07, 6.45) is 19.7. The van der Waals surface area contributed by atoms with Gasteiger partial charge in [-0.2, -0.15) is 18.5 Å². The highest BCUT2D eigenvalue weighted by atomic mass is 31.2. The first-order valence-corrected chi connectivity index (χ1v) is 26.9. The molecule has 0 amide bonds. The van der Waals surface area contributed by atoms with E-state index in [2.05, 4.69) is 15.0 Å². The van der Waals surface area contributed by atoms with Crippen molar-refractivity contribution in [1.29, 1.82) is 0 Å². The Hall–Kier alpha value is -5.25. The molecule has 0 aliphatic heterocycles. The van der Waals surface area contributed by atoms with E-state index in [1.807, 2.05) is 36.4 Å². The molecule has 3 aromatic carbocycles. The zero-order valence-corrected chi connectivity index (χ0v) is 43.0. The second kappa shape index (κ2) is 23.5. The van der Waals surface area contributed by atoms with Crippen molar-refractivity contribution < 1.29 is 46.9 Å². The molecule has 3 heterocycles. The van der Waals surface area contributed by atoms with Crippen LogP contribution < -0.4 is 28.4 Å². The number of benzene rings is 3. The lowest BCUT2D eigenvalue weighted by Gasteiger charge is -2.29. The van der Waals surface area contributed by atoms with Crippen LogP contribution in [0.25, 0.3) is 32.7 Å². The zero-order chi connectivity index (χ0) is 49.3. The Morgan fingerprint density at radius 1 is 0.380 bits per heavy atom. The molecule has 0 atom stereocenters. The van der Waals surface area contributed by atoms with Crippen LogP contribution in [0.3, 0.4) is 0 Å². The molecule has 0 radical (unpaired) electrons. The van der Waals surface area contributed by atoms with Crippen molar-refractivity contribution in [3.8, 4) is 34.5 Å². The second-order valence-electron chi connectivity index (χ2n) is 19.4. The van der Waals surface area contributed by atoms with Crippen molar-refractivity contribution in [2.75, 3.05) is 62.5 Å². The number of nitrogens with zero attached hydrogens (tertiary/aromatic N) is 6. The lowest BCUT2D eigenvalue weighted by Crippen LogP contribution is -2.19. The van der Waals surface area contributed by atoms with Crippen LogP contribution in [0.15, 0.2) is 55.4 Å². The van der Waals surface area contributed by atoms with Crippen LogP contribution in [-0.2, 0) is 13.6 Å². The van der Waals surface area contributed by atoms with E-state index in [0.717, 1.165) is 146 Å². The summed E-state index contributed by atoms with van der Waals surface area (Å²) in [7, 11) is 6.27. The van der Waals surface area contributed by atoms with E-state index in [1.165, 1.54) is 0 Å². The highest BCUT2D eigenvalue weighted by molar-refractivity contribution is 7.55. The van der Waals surface area contributed by atoms with E-state index in [4.69, 9.17) is 56.9 Å². The van der Waals surface area contributed by atoms with Gasteiger partial charge in [-0.1, -0.05) is 0 Å². The molecule has 380 valence electrons. The predicted octanol–water partition coefficient (Wildman–Crippen LogP) is 11.7. The molecular formula is C54H70N6O10P+. The average Bonchev–Trinajstić information content (AvgIpc) is 3.41. The van der Waals surface area contributed by atoms with E-state index in [0.29, 0.717) is 89.8 Å². The molecule has 0 unspecified atom stereocenters. The standard InChI is InChI=1S/C54H70N6O10P/c1-62-46-25-40-43(28-49(46)65-4)55-31-58-52(40)37-13-7-34(8-14-37)19-22-68-71(61,69-23-20-35-9-15-38(16-10-35)53-41-26-47(63-2)50(66-5)29-44(41)56-32-59-53)70-24-21-36-11-17-39(18-12-36)54-42-27-48(64-3)51(67-6)30-45(42)57-33-60-54/h25-39,61H,7-24H2,1-6H3/q+1. The number of hydrogen-bond donors (Lipinski definition) is 1. The summed E-state index contributed by atoms with van der Waals surface area (Å²) in [6, 6.07) is 11.8. The molecule has 0 spiro atoms. The van der Waals surface area contributed by atoms with E-state index < -0.39 is 8.17 Å². The molecule has 0 saturated heterocycles. The molecule has 9 rings (SSSR count). The highest BCUT2D eigenvalue weighted by Crippen LogP contribution is 2.59. The molecule has 17 heteroatoms. The summed E-state index contributed by atoms with van der Waals surface area (Å²) in [4.78, 5) is 39.9. The van der Waals surface area contributed by atoms with Gasteiger partial charge in [0.2, 0.25) is 0 Å². The van der Waals surface area contributed by atoms with Crippen molar-refractivity contribution in [3.05, 3.63) is 72.5 Å². The van der Waals surface area contributed by atoms with Crippen LogP contribution in [0.2, 0.25) is 0 Å². The molecule has 3 aromatic heterocycles. The van der Waals surface area contributed by atoms with Gasteiger partial charge in [0.15, 0.2) is 34.5 Å². The maximum Gasteiger partial charge on any atom is 0.572 e. The van der Waals surface area contributed by atoms with Crippen LogP contribution in [0.1, 0.15) is 131 Å². The monoisotopic (exact) mass is 993 g/mol. The molecule has 0 bridgehead atoms. The van der Waals surface area contributed by atoms with Gasteiger partial charge in [-0.25, -0.2) is 29.9 Å². The highest BCUT2D eigenvalue weighted by Gasteiger charge is 2.45. The van der Waals surface area contributed by atoms with Gasteiger partial charge >= 0.3 is 8.17 Å². The van der Waals surface area contributed by atoms with Crippen molar-refractivity contribution in [1.82, 2.24) is 29.9 Å². The summed E-state index contributed by atoms with van der Waals surface area (Å²) in [5.74, 6) is 6.32. The maximum absolute atomic E-state index is 12.1. The fourth-order valence-electron chi connectivity index (χ4n) is 11.5. The average molecular weight is 994 g/mol. The van der Waals surface area contributed by atoms with E-state index >= 15 is 0 Å². The van der Waals surface area contributed by atoms with Gasteiger partial charge in [0.25, 0.3) is 0 Å². The number of rotatable bonds is 21. The summed E-state index contributed by atoms with van der Waals surface area (Å²) in [5.41, 5.74) is 5.73. The Labute approximate surface area is 417 Å². The van der Waals surface area contributed by atoms with Crippen LogP contribution in [-0.4, -0.2) is 97.3 Å². The molecule has 3 saturated carbocycles. The number of hydrogen-bond acceptors (Lipinski definition) is 16. The van der Waals surface area contributed by atoms with Crippen molar-refractivity contribution in [2.24, 2.45) is 17.8 Å². The molecular weight excluding hydrogens is 924 g/mol. The Bertz CT molecular complexity index is 2440. The third-order valence-corrected chi connectivity index (χ3v) is 17.1. The van der Waals surface area contributed by atoms with Gasteiger partial charge in [0.1, 0.15) is 38.8 Å². The van der Waals surface area contributed by atoms with Gasteiger partial charge in [0.05, 0.1) is 76.3 Å². The number of aromatic nitrogens is 6. The number of fused-ring (bicyclic) bond motifs is 3. The molecule has 71 heavy (non-hydrogen) atoms. The molecule has 1 N–H and O–H groups in total. The quantitative estimate of drug-likeness (QED) is 0.0672. The first kappa shape index (κ1) is 50.7. The summed E-state index contributed by atoms with van der Waals surface area (Å²) in [6.45, 7) is 1.11. The van der Waals surface area contributed by atoms with E-state index in [1.54, 1.807) is 61.6 Å². The SMILES string of the molecule is COc1cc2ncnc(C3CCC(CCO[P+](O)(OCCC4CCC(c5ncnc6cc(OC)c(OC)cc56)CC4)OCCC4CCC(c5ncnc6cc(OC)c(OC)cc56)CC4)CC3)c2cc1OC. The van der Waals surface area contributed by atoms with E-state index in [-0.39, 0.29) is 0 Å². The fraction of sp³-hybridized carbons (Fsp3) is 0.556. The third kappa shape index (κ3) is 11.7. The lowest BCUT2D eigenvalue weighted by molar-refractivity contribution is 0.0648. The van der Waals surface area contributed by atoms with Crippen molar-refractivity contribution >= 4 is 40.9 Å². The van der Waals surface area contributed by atoms with Crippen LogP contribution in [0.4, 0.5) is 0 Å². The molecule has 3 aliphatic carbocycles. The first-order valence-electron chi connectivity index (χ1n) is 25.4. The van der Waals surface area contributed by atoms with Crippen LogP contribution in [0, 0.1) is 17.8 Å². The van der Waals surface area contributed by atoms with Gasteiger partial charge in [0, 0.05) is 52.1 Å². The van der Waals surface area contributed by atoms with E-state index in [9.17, 15) is 4.89 Å². The summed E-state index contributed by atoms with van der Waals surface area (Å²) >= 11 is 0. The molecule has 6 aromatic rings. The predicted molar refractivity (Wildman–Crippen MR) is 273 cm³/mol. The van der Waals surface area contributed by atoms with Gasteiger partial charge in [-0.3, -0.25) is 0 Å². The van der Waals surface area contributed by atoms with Gasteiger partial charge < -0.3 is 28.4 Å².